The molecule has 2 heterocycles. The molecule has 61 heavy (non-hydrogen) atoms. The second-order valence-electron chi connectivity index (χ2n) is 15.5. The van der Waals surface area contributed by atoms with Crippen LogP contribution in [-0.2, 0) is 0 Å². The molecule has 10 aromatic carbocycles. The first kappa shape index (κ1) is 34.8. The average Bonchev–Trinajstić information content (AvgIpc) is 3.73. The van der Waals surface area contributed by atoms with Crippen LogP contribution < -0.4 is 0 Å². The number of furan rings is 1. The molecule has 0 amide bonds. The lowest BCUT2D eigenvalue weighted by molar-refractivity contribution is 0.670. The quantitative estimate of drug-likeness (QED) is 0.125. The fourth-order valence-corrected chi connectivity index (χ4v) is 8.99. The largest absolute Gasteiger partial charge is 0.455 e. The molecule has 0 bridgehead atoms. The SMILES string of the molecule is c1ccc(-c2ccccc2-c2nc(-c3ccc(-c4c5ccccc5cc5c4ccc4ccccc45)cc3)nc(-c3ccc(-c4cccc5c4oc4ccccc45)cc3)n2)cc1. The van der Waals surface area contributed by atoms with Crippen LogP contribution in [0.15, 0.2) is 217 Å². The van der Waals surface area contributed by atoms with Crippen LogP contribution in [0, 0.1) is 0 Å². The summed E-state index contributed by atoms with van der Waals surface area (Å²) in [6.07, 6.45) is 0. The molecule has 0 saturated carbocycles. The molecule has 12 rings (SSSR count). The van der Waals surface area contributed by atoms with Gasteiger partial charge in [0, 0.05) is 33.0 Å². The van der Waals surface area contributed by atoms with Crippen LogP contribution >= 0.6 is 0 Å². The summed E-state index contributed by atoms with van der Waals surface area (Å²) in [6, 6.07) is 74.6. The molecule has 0 aliphatic heterocycles. The van der Waals surface area contributed by atoms with Crippen molar-refractivity contribution in [2.75, 3.05) is 0 Å². The van der Waals surface area contributed by atoms with E-state index in [9.17, 15) is 0 Å². The van der Waals surface area contributed by atoms with Gasteiger partial charge in [0.05, 0.1) is 0 Å². The zero-order valence-electron chi connectivity index (χ0n) is 33.0. The van der Waals surface area contributed by atoms with E-state index in [1.807, 2.05) is 24.3 Å². The first-order chi connectivity index (χ1) is 30.2. The maximum atomic E-state index is 6.39. The Labute approximate surface area is 352 Å². The molecule has 284 valence electrons. The van der Waals surface area contributed by atoms with Crippen molar-refractivity contribution in [2.45, 2.75) is 0 Å². The van der Waals surface area contributed by atoms with Crippen molar-refractivity contribution in [3.05, 3.63) is 212 Å². The molecule has 0 aliphatic rings. The normalized spacial score (nSPS) is 11.6. The highest BCUT2D eigenvalue weighted by Crippen LogP contribution is 2.41. The summed E-state index contributed by atoms with van der Waals surface area (Å²) in [5, 5.41) is 9.63. The molecular formula is C57H35N3O. The number of fused-ring (bicyclic) bond motifs is 7. The third kappa shape index (κ3) is 5.96. The van der Waals surface area contributed by atoms with Gasteiger partial charge in [-0.15, -0.1) is 0 Å². The van der Waals surface area contributed by atoms with Crippen molar-refractivity contribution in [2.24, 2.45) is 0 Å². The topological polar surface area (TPSA) is 51.8 Å². The summed E-state index contributed by atoms with van der Waals surface area (Å²) in [5.41, 5.74) is 11.1. The third-order valence-corrected chi connectivity index (χ3v) is 11.9. The van der Waals surface area contributed by atoms with E-state index < -0.39 is 0 Å². The standard InChI is InChI=1S/C57H35N3O/c1-2-13-36(14-3-1)43-17-8-9-21-50(43)57-59-55(40-29-25-38(26-30-40)46-22-12-23-49-47-20-10-11-24-52(47)61-54(46)49)58-56(60-57)41-31-27-39(28-32-41)53-45-19-7-5-16-42(45)35-51-44-18-6-4-15-37(44)33-34-48(51)53/h1-35H. The number of benzene rings is 10. The highest BCUT2D eigenvalue weighted by molar-refractivity contribution is 6.20. The van der Waals surface area contributed by atoms with Gasteiger partial charge in [0.2, 0.25) is 0 Å². The van der Waals surface area contributed by atoms with E-state index in [-0.39, 0.29) is 0 Å². The van der Waals surface area contributed by atoms with Gasteiger partial charge in [0.25, 0.3) is 0 Å². The summed E-state index contributed by atoms with van der Waals surface area (Å²) in [6.45, 7) is 0. The molecule has 0 saturated heterocycles. The fourth-order valence-electron chi connectivity index (χ4n) is 8.99. The zero-order chi connectivity index (χ0) is 40.3. The molecule has 0 radical (unpaired) electrons. The maximum Gasteiger partial charge on any atom is 0.164 e. The van der Waals surface area contributed by atoms with Crippen LogP contribution in [0.2, 0.25) is 0 Å². The molecule has 0 aliphatic carbocycles. The van der Waals surface area contributed by atoms with Gasteiger partial charge in [-0.3, -0.25) is 0 Å². The lowest BCUT2D eigenvalue weighted by Crippen LogP contribution is -2.01. The highest BCUT2D eigenvalue weighted by Gasteiger charge is 2.18. The van der Waals surface area contributed by atoms with Gasteiger partial charge in [-0.05, 0) is 72.3 Å². The van der Waals surface area contributed by atoms with E-state index in [2.05, 4.69) is 188 Å². The van der Waals surface area contributed by atoms with E-state index in [4.69, 9.17) is 19.4 Å². The minimum absolute atomic E-state index is 0.604. The Morgan fingerprint density at radius 1 is 0.279 bits per heavy atom. The van der Waals surface area contributed by atoms with Crippen LogP contribution in [0.5, 0.6) is 0 Å². The first-order valence-electron chi connectivity index (χ1n) is 20.6. The van der Waals surface area contributed by atoms with E-state index in [0.717, 1.165) is 66.4 Å². The van der Waals surface area contributed by atoms with Crippen molar-refractivity contribution < 1.29 is 4.42 Å². The summed E-state index contributed by atoms with van der Waals surface area (Å²) in [4.78, 5) is 15.6. The smallest absolute Gasteiger partial charge is 0.164 e. The second kappa shape index (κ2) is 14.3. The Hall–Kier alpha value is -8.21. The van der Waals surface area contributed by atoms with Crippen molar-refractivity contribution in [1.29, 1.82) is 0 Å². The summed E-state index contributed by atoms with van der Waals surface area (Å²) < 4.78 is 6.39. The number of hydrogen-bond donors (Lipinski definition) is 0. The Morgan fingerprint density at radius 2 is 0.820 bits per heavy atom. The monoisotopic (exact) mass is 777 g/mol. The molecule has 0 spiro atoms. The number of aromatic nitrogens is 3. The number of hydrogen-bond acceptors (Lipinski definition) is 4. The van der Waals surface area contributed by atoms with Gasteiger partial charge in [0.1, 0.15) is 11.2 Å². The average molecular weight is 778 g/mol. The van der Waals surface area contributed by atoms with Gasteiger partial charge >= 0.3 is 0 Å². The van der Waals surface area contributed by atoms with Gasteiger partial charge in [-0.25, -0.2) is 15.0 Å². The van der Waals surface area contributed by atoms with Crippen LogP contribution in [0.25, 0.3) is 122 Å². The molecule has 12 aromatic rings. The van der Waals surface area contributed by atoms with Crippen LogP contribution in [-0.4, -0.2) is 15.0 Å². The minimum Gasteiger partial charge on any atom is -0.455 e. The Bertz CT molecular complexity index is 3630. The Kier molecular flexibility index (Phi) is 8.13. The molecule has 0 fully saturated rings. The molecule has 4 heteroatoms. The van der Waals surface area contributed by atoms with Crippen molar-refractivity contribution in [1.82, 2.24) is 15.0 Å². The van der Waals surface area contributed by atoms with E-state index in [0.29, 0.717) is 17.5 Å². The van der Waals surface area contributed by atoms with Gasteiger partial charge in [0.15, 0.2) is 17.5 Å². The molecule has 0 atom stereocenters. The molecule has 4 nitrogen and oxygen atoms in total. The number of nitrogens with zero attached hydrogens (tertiary/aromatic N) is 3. The lowest BCUT2D eigenvalue weighted by Gasteiger charge is -2.15. The summed E-state index contributed by atoms with van der Waals surface area (Å²) in [5.74, 6) is 1.83. The van der Waals surface area contributed by atoms with E-state index in [1.165, 1.54) is 37.9 Å². The fraction of sp³-hybridized carbons (Fsp3) is 0. The number of rotatable bonds is 6. The third-order valence-electron chi connectivity index (χ3n) is 11.9. The Balaban J connectivity index is 0.995. The van der Waals surface area contributed by atoms with Gasteiger partial charge in [-0.1, -0.05) is 200 Å². The predicted octanol–water partition coefficient (Wildman–Crippen LogP) is 15.2. The van der Waals surface area contributed by atoms with Gasteiger partial charge in [-0.2, -0.15) is 0 Å². The summed E-state index contributed by atoms with van der Waals surface area (Å²) >= 11 is 0. The zero-order valence-corrected chi connectivity index (χ0v) is 33.0. The van der Waals surface area contributed by atoms with Crippen molar-refractivity contribution in [3.63, 3.8) is 0 Å². The van der Waals surface area contributed by atoms with Crippen LogP contribution in [0.1, 0.15) is 0 Å². The van der Waals surface area contributed by atoms with E-state index >= 15 is 0 Å². The van der Waals surface area contributed by atoms with Crippen molar-refractivity contribution >= 4 is 54.3 Å². The van der Waals surface area contributed by atoms with Crippen molar-refractivity contribution in [3.8, 4) is 67.5 Å². The van der Waals surface area contributed by atoms with Gasteiger partial charge < -0.3 is 4.42 Å². The first-order valence-corrected chi connectivity index (χ1v) is 20.6. The van der Waals surface area contributed by atoms with Crippen LogP contribution in [0.3, 0.4) is 0 Å². The Morgan fingerprint density at radius 3 is 1.59 bits per heavy atom. The molecule has 0 unspecified atom stereocenters. The van der Waals surface area contributed by atoms with Crippen LogP contribution in [0.4, 0.5) is 0 Å². The predicted molar refractivity (Wildman–Crippen MR) is 252 cm³/mol. The molecular weight excluding hydrogens is 743 g/mol. The maximum absolute atomic E-state index is 6.39. The lowest BCUT2D eigenvalue weighted by atomic mass is 9.89. The molecule has 2 aromatic heterocycles. The number of para-hydroxylation sites is 2. The van der Waals surface area contributed by atoms with E-state index in [1.54, 1.807) is 0 Å². The molecule has 0 N–H and O–H groups in total. The second-order valence-corrected chi connectivity index (χ2v) is 15.5. The highest BCUT2D eigenvalue weighted by atomic mass is 16.3. The minimum atomic E-state index is 0.604. The summed E-state index contributed by atoms with van der Waals surface area (Å²) in [7, 11) is 0.